The maximum absolute atomic E-state index is 14.2. The van der Waals surface area contributed by atoms with Crippen LogP contribution in [0, 0.1) is 5.95 Å². The van der Waals surface area contributed by atoms with Gasteiger partial charge in [0, 0.05) is 29.6 Å². The Balaban J connectivity index is 1.85. The highest BCUT2D eigenvalue weighted by Gasteiger charge is 2.37. The fourth-order valence-electron chi connectivity index (χ4n) is 2.63. The third-order valence-corrected chi connectivity index (χ3v) is 4.06. The quantitative estimate of drug-likeness (QED) is 0.656. The third-order valence-electron chi connectivity index (χ3n) is 4.06. The maximum Gasteiger partial charge on any atom is 0.416 e. The maximum atomic E-state index is 14.2. The van der Waals surface area contributed by atoms with Crippen molar-refractivity contribution in [2.45, 2.75) is 25.1 Å². The monoisotopic (exact) mass is 351 g/mol. The average molecular weight is 351 g/mol. The number of aliphatic imine (C=N–C) groups is 1. The molecule has 4 rings (SSSR count). The van der Waals surface area contributed by atoms with E-state index in [0.717, 1.165) is 25.0 Å². The Bertz CT molecular complexity index is 868. The Labute approximate surface area is 142 Å². The van der Waals surface area contributed by atoms with Gasteiger partial charge in [-0.1, -0.05) is 0 Å². The number of guanidine groups is 1. The minimum Gasteiger partial charge on any atom is -0.353 e. The number of allylic oxidation sites excluding steroid dienone is 3. The van der Waals surface area contributed by atoms with Crippen LogP contribution in [0.2, 0.25) is 0 Å². The number of halogens is 4. The standard InChI is InChI=1S/C17H14F4N4/c18-15-12(2-1-6-22-15)13-9-23-16(24-11-3-4-11)25-7-5-10(8-14(13)25)17(19,20)21/h1-2,5-8,11H,3-4,9H2,(H,23,24)/i9D. The van der Waals surface area contributed by atoms with Crippen LogP contribution in [0.25, 0.3) is 5.57 Å². The Hall–Kier alpha value is -2.64. The number of nitrogens with zero attached hydrogens (tertiary/aromatic N) is 3. The lowest BCUT2D eigenvalue weighted by molar-refractivity contribution is -0.0885. The molecule has 1 atom stereocenters. The van der Waals surface area contributed by atoms with E-state index in [4.69, 9.17) is 1.37 Å². The molecule has 0 saturated heterocycles. The lowest BCUT2D eigenvalue weighted by Gasteiger charge is -2.33. The molecule has 25 heavy (non-hydrogen) atoms. The lowest BCUT2D eigenvalue weighted by Crippen LogP contribution is -2.42. The van der Waals surface area contributed by atoms with Gasteiger partial charge in [-0.3, -0.25) is 4.90 Å². The first-order valence-corrected chi connectivity index (χ1v) is 7.72. The molecule has 4 nitrogen and oxygen atoms in total. The number of alkyl halides is 3. The predicted molar refractivity (Wildman–Crippen MR) is 84.7 cm³/mol. The number of fused-ring (bicyclic) bond motifs is 1. The van der Waals surface area contributed by atoms with E-state index in [1.807, 2.05) is 0 Å². The summed E-state index contributed by atoms with van der Waals surface area (Å²) in [4.78, 5) is 9.19. The molecule has 2 aliphatic heterocycles. The lowest BCUT2D eigenvalue weighted by atomic mass is 9.99. The minimum absolute atomic E-state index is 0.0326. The Morgan fingerprint density at radius 1 is 1.32 bits per heavy atom. The molecular formula is C17H14F4N4. The van der Waals surface area contributed by atoms with Crippen LogP contribution in [0.4, 0.5) is 17.6 Å². The van der Waals surface area contributed by atoms with Gasteiger partial charge in [0.25, 0.3) is 0 Å². The molecule has 1 unspecified atom stereocenters. The molecule has 8 heteroatoms. The summed E-state index contributed by atoms with van der Waals surface area (Å²) in [5.74, 6) is -0.554. The van der Waals surface area contributed by atoms with Crippen LogP contribution in [0.3, 0.4) is 0 Å². The zero-order valence-corrected chi connectivity index (χ0v) is 12.9. The summed E-state index contributed by atoms with van der Waals surface area (Å²) in [5.41, 5.74) is -0.784. The van der Waals surface area contributed by atoms with Gasteiger partial charge >= 0.3 is 6.18 Å². The Morgan fingerprint density at radius 3 is 2.80 bits per heavy atom. The summed E-state index contributed by atoms with van der Waals surface area (Å²) in [5, 5.41) is 3.11. The van der Waals surface area contributed by atoms with Crippen LogP contribution in [0.1, 0.15) is 19.8 Å². The molecule has 1 aromatic rings. The van der Waals surface area contributed by atoms with E-state index in [2.05, 4.69) is 15.3 Å². The van der Waals surface area contributed by atoms with E-state index in [9.17, 15) is 17.6 Å². The normalized spacial score (nSPS) is 23.8. The van der Waals surface area contributed by atoms with E-state index >= 15 is 0 Å². The second-order valence-corrected chi connectivity index (χ2v) is 5.92. The summed E-state index contributed by atoms with van der Waals surface area (Å²) >= 11 is 0. The third kappa shape index (κ3) is 3.04. The van der Waals surface area contributed by atoms with E-state index in [0.29, 0.717) is 5.96 Å². The van der Waals surface area contributed by atoms with Crippen molar-refractivity contribution in [1.29, 1.82) is 0 Å². The Morgan fingerprint density at radius 2 is 2.12 bits per heavy atom. The van der Waals surface area contributed by atoms with Gasteiger partial charge in [-0.15, -0.1) is 0 Å². The van der Waals surface area contributed by atoms with Crippen LogP contribution in [-0.4, -0.2) is 34.6 Å². The molecule has 3 aliphatic rings. The first kappa shape index (κ1) is 14.7. The topological polar surface area (TPSA) is 40.5 Å². The van der Waals surface area contributed by atoms with Gasteiger partial charge in [-0.05, 0) is 37.1 Å². The molecule has 1 fully saturated rings. The average Bonchev–Trinajstić information content (AvgIpc) is 3.39. The van der Waals surface area contributed by atoms with E-state index in [1.54, 1.807) is 0 Å². The molecule has 0 spiro atoms. The van der Waals surface area contributed by atoms with Crippen molar-refractivity contribution in [2.24, 2.45) is 4.99 Å². The fraction of sp³-hybridized carbons (Fsp3) is 0.294. The molecule has 130 valence electrons. The molecule has 1 N–H and O–H groups in total. The van der Waals surface area contributed by atoms with Crippen LogP contribution in [0.5, 0.6) is 0 Å². The predicted octanol–water partition coefficient (Wildman–Crippen LogP) is 3.37. The van der Waals surface area contributed by atoms with E-state index in [1.165, 1.54) is 29.4 Å². The number of hydrogen-bond acceptors (Lipinski definition) is 4. The fourth-order valence-corrected chi connectivity index (χ4v) is 2.63. The van der Waals surface area contributed by atoms with Gasteiger partial charge in [0.2, 0.25) is 11.9 Å². The van der Waals surface area contributed by atoms with Gasteiger partial charge in [0.1, 0.15) is 0 Å². The van der Waals surface area contributed by atoms with Crippen molar-refractivity contribution in [3.8, 4) is 0 Å². The largest absolute Gasteiger partial charge is 0.416 e. The van der Waals surface area contributed by atoms with Crippen molar-refractivity contribution in [2.75, 3.05) is 6.52 Å². The highest BCUT2D eigenvalue weighted by Crippen LogP contribution is 2.36. The van der Waals surface area contributed by atoms with Crippen molar-refractivity contribution < 1.29 is 18.9 Å². The Kier molecular flexibility index (Phi) is 3.36. The molecule has 0 aromatic carbocycles. The van der Waals surface area contributed by atoms with Crippen molar-refractivity contribution in [3.63, 3.8) is 0 Å². The number of hydrogen-bond donors (Lipinski definition) is 1. The second kappa shape index (κ2) is 5.72. The van der Waals surface area contributed by atoms with Crippen LogP contribution in [-0.2, 0) is 0 Å². The molecule has 1 saturated carbocycles. The minimum atomic E-state index is -4.55. The molecule has 1 aromatic heterocycles. The summed E-state index contributed by atoms with van der Waals surface area (Å²) in [6, 6.07) is 3.05. The van der Waals surface area contributed by atoms with Gasteiger partial charge in [0.15, 0.2) is 0 Å². The van der Waals surface area contributed by atoms with Gasteiger partial charge in [-0.2, -0.15) is 17.6 Å². The highest BCUT2D eigenvalue weighted by molar-refractivity contribution is 5.91. The number of rotatable bonds is 2. The van der Waals surface area contributed by atoms with Gasteiger partial charge < -0.3 is 5.32 Å². The second-order valence-electron chi connectivity index (χ2n) is 5.92. The number of aromatic nitrogens is 1. The van der Waals surface area contributed by atoms with Crippen LogP contribution in [0.15, 0.2) is 52.9 Å². The van der Waals surface area contributed by atoms with Gasteiger partial charge in [-0.25, -0.2) is 9.98 Å². The van der Waals surface area contributed by atoms with Gasteiger partial charge in [0.05, 0.1) is 19.2 Å². The molecule has 3 heterocycles. The number of nitrogens with one attached hydrogen (secondary N) is 1. The molecule has 0 amide bonds. The van der Waals surface area contributed by atoms with Crippen LogP contribution >= 0.6 is 0 Å². The summed E-state index contributed by atoms with van der Waals surface area (Å²) < 4.78 is 62.0. The van der Waals surface area contributed by atoms with Crippen molar-refractivity contribution in [3.05, 3.63) is 59.5 Å². The summed E-state index contributed by atoms with van der Waals surface area (Å²) in [6.07, 6.45) is 1.67. The molecular weight excluding hydrogens is 336 g/mol. The van der Waals surface area contributed by atoms with Crippen molar-refractivity contribution in [1.82, 2.24) is 15.2 Å². The highest BCUT2D eigenvalue weighted by atomic mass is 19.4. The zero-order valence-electron chi connectivity index (χ0n) is 13.9. The smallest absolute Gasteiger partial charge is 0.353 e. The molecule has 0 bridgehead atoms. The number of pyridine rings is 1. The van der Waals surface area contributed by atoms with Crippen LogP contribution < -0.4 is 5.32 Å². The van der Waals surface area contributed by atoms with E-state index in [-0.39, 0.29) is 22.9 Å². The van der Waals surface area contributed by atoms with Crippen molar-refractivity contribution >= 4 is 11.5 Å². The van der Waals surface area contributed by atoms with E-state index < -0.39 is 24.2 Å². The summed E-state index contributed by atoms with van der Waals surface area (Å²) in [7, 11) is 0. The SMILES string of the molecule is [2H]C1N=C(NC2CC2)N2C=CC(C(F)(F)F)=CC2=C1c1cccnc1F. The first-order chi connectivity index (χ1) is 12.3. The zero-order chi connectivity index (χ0) is 18.5. The summed E-state index contributed by atoms with van der Waals surface area (Å²) in [6.45, 7) is -1.27. The molecule has 0 radical (unpaired) electrons. The first-order valence-electron chi connectivity index (χ1n) is 8.30. The molecule has 1 aliphatic carbocycles.